The average Bonchev–Trinajstić information content (AvgIpc) is 2.67. The van der Waals surface area contributed by atoms with Gasteiger partial charge in [-0.2, -0.15) is 0 Å². The van der Waals surface area contributed by atoms with Crippen LogP contribution in [0.25, 0.3) is 0 Å². The molecule has 1 unspecified atom stereocenters. The first-order valence-electron chi connectivity index (χ1n) is 9.47. The van der Waals surface area contributed by atoms with E-state index in [1.54, 1.807) is 0 Å². The summed E-state index contributed by atoms with van der Waals surface area (Å²) in [5.41, 5.74) is 4.41. The van der Waals surface area contributed by atoms with Crippen LogP contribution in [0.5, 0.6) is 0 Å². The summed E-state index contributed by atoms with van der Waals surface area (Å²) in [5, 5.41) is 0.520. The Bertz CT molecular complexity index is 765. The maximum Gasteiger partial charge on any atom is 0.235 e. The van der Waals surface area contributed by atoms with E-state index in [9.17, 15) is 4.79 Å². The Morgan fingerprint density at radius 2 is 1.63 bits per heavy atom. The quantitative estimate of drug-likeness (QED) is 0.585. The molecule has 27 heavy (non-hydrogen) atoms. The highest BCUT2D eigenvalue weighted by atomic mass is 32.2. The van der Waals surface area contributed by atoms with Gasteiger partial charge in [0, 0.05) is 44.1 Å². The first kappa shape index (κ1) is 19.8. The van der Waals surface area contributed by atoms with E-state index >= 15 is 0 Å². The smallest absolute Gasteiger partial charge is 0.235 e. The van der Waals surface area contributed by atoms with Crippen LogP contribution in [0.3, 0.4) is 0 Å². The second-order valence-corrected chi connectivity index (χ2v) is 8.46. The molecule has 6 heteroatoms. The third-order valence-corrected chi connectivity index (χ3v) is 6.12. The number of nitrogens with zero attached hydrogens (tertiary/aromatic N) is 4. The Hall–Kier alpha value is -1.92. The SMILES string of the molecule is Cc1nc(SC(C)C(=O)N2CCN(Cc3ccccc3)CC2)nc(C)c1C. The average molecular weight is 385 g/mol. The molecule has 0 aliphatic carbocycles. The topological polar surface area (TPSA) is 49.3 Å². The zero-order valence-electron chi connectivity index (χ0n) is 16.6. The van der Waals surface area contributed by atoms with Crippen molar-refractivity contribution in [1.29, 1.82) is 0 Å². The van der Waals surface area contributed by atoms with Gasteiger partial charge in [0.15, 0.2) is 5.16 Å². The summed E-state index contributed by atoms with van der Waals surface area (Å²) in [4.78, 5) is 26.3. The lowest BCUT2D eigenvalue weighted by atomic mass is 10.2. The molecule has 3 rings (SSSR count). The molecule has 0 radical (unpaired) electrons. The van der Waals surface area contributed by atoms with E-state index in [1.165, 1.54) is 17.3 Å². The van der Waals surface area contributed by atoms with Crippen LogP contribution < -0.4 is 0 Å². The lowest BCUT2D eigenvalue weighted by Gasteiger charge is -2.35. The summed E-state index contributed by atoms with van der Waals surface area (Å²) in [6.45, 7) is 12.3. The number of benzene rings is 1. The molecule has 144 valence electrons. The van der Waals surface area contributed by atoms with E-state index in [4.69, 9.17) is 0 Å². The van der Waals surface area contributed by atoms with Gasteiger partial charge in [-0.05, 0) is 38.8 Å². The first-order valence-corrected chi connectivity index (χ1v) is 10.4. The third kappa shape index (κ3) is 5.08. The number of hydrogen-bond donors (Lipinski definition) is 0. The predicted octanol–water partition coefficient (Wildman–Crippen LogP) is 3.23. The Labute approximate surface area is 166 Å². The molecule has 1 aliphatic rings. The molecule has 5 nitrogen and oxygen atoms in total. The van der Waals surface area contributed by atoms with Crippen LogP contribution in [0.1, 0.15) is 29.4 Å². The first-order chi connectivity index (χ1) is 12.9. The second kappa shape index (κ2) is 8.85. The molecule has 2 aromatic rings. The van der Waals surface area contributed by atoms with Crippen molar-refractivity contribution in [1.82, 2.24) is 19.8 Å². The Kier molecular flexibility index (Phi) is 6.50. The number of aryl methyl sites for hydroxylation is 2. The summed E-state index contributed by atoms with van der Waals surface area (Å²) in [6, 6.07) is 10.5. The van der Waals surface area contributed by atoms with Crippen molar-refractivity contribution in [2.45, 2.75) is 44.6 Å². The fraction of sp³-hybridized carbons (Fsp3) is 0.476. The van der Waals surface area contributed by atoms with E-state index in [0.29, 0.717) is 5.16 Å². The zero-order chi connectivity index (χ0) is 19.4. The number of piperazine rings is 1. The molecule has 1 aromatic heterocycles. The Balaban J connectivity index is 1.52. The van der Waals surface area contributed by atoms with Crippen molar-refractivity contribution in [2.75, 3.05) is 26.2 Å². The van der Waals surface area contributed by atoms with Gasteiger partial charge < -0.3 is 4.90 Å². The third-order valence-electron chi connectivity index (χ3n) is 5.18. The van der Waals surface area contributed by atoms with E-state index in [0.717, 1.165) is 49.7 Å². The van der Waals surface area contributed by atoms with Gasteiger partial charge >= 0.3 is 0 Å². The lowest BCUT2D eigenvalue weighted by Crippen LogP contribution is -2.50. The molecule has 1 atom stereocenters. The highest BCUT2D eigenvalue weighted by Gasteiger charge is 2.26. The summed E-state index contributed by atoms with van der Waals surface area (Å²) in [6.07, 6.45) is 0. The highest BCUT2D eigenvalue weighted by Crippen LogP contribution is 2.23. The van der Waals surface area contributed by atoms with Gasteiger partial charge in [0.25, 0.3) is 0 Å². The Morgan fingerprint density at radius 3 is 2.22 bits per heavy atom. The molecular weight excluding hydrogens is 356 g/mol. The fourth-order valence-electron chi connectivity index (χ4n) is 3.23. The lowest BCUT2D eigenvalue weighted by molar-refractivity contribution is -0.132. The van der Waals surface area contributed by atoms with Crippen molar-refractivity contribution in [3.8, 4) is 0 Å². The van der Waals surface area contributed by atoms with Crippen molar-refractivity contribution in [3.63, 3.8) is 0 Å². The molecule has 2 heterocycles. The standard InChI is InChI=1S/C21H28N4OS/c1-15-16(2)22-21(23-17(15)3)27-18(4)20(26)25-12-10-24(11-13-25)14-19-8-6-5-7-9-19/h5-9,18H,10-14H2,1-4H3. The summed E-state index contributed by atoms with van der Waals surface area (Å²) in [5.74, 6) is 0.179. The zero-order valence-corrected chi connectivity index (χ0v) is 17.4. The van der Waals surface area contributed by atoms with Crippen LogP contribution >= 0.6 is 11.8 Å². The molecule has 0 N–H and O–H groups in total. The minimum absolute atomic E-state index is 0.174. The molecular formula is C21H28N4OS. The number of rotatable bonds is 5. The van der Waals surface area contributed by atoms with Crippen molar-refractivity contribution in [3.05, 3.63) is 52.8 Å². The van der Waals surface area contributed by atoms with Crippen LogP contribution in [0.15, 0.2) is 35.5 Å². The molecule has 1 aromatic carbocycles. The minimum atomic E-state index is -0.174. The summed E-state index contributed by atoms with van der Waals surface area (Å²) in [7, 11) is 0. The monoisotopic (exact) mass is 384 g/mol. The van der Waals surface area contributed by atoms with Gasteiger partial charge in [-0.15, -0.1) is 0 Å². The van der Waals surface area contributed by atoms with E-state index in [1.807, 2.05) is 38.7 Å². The molecule has 1 amide bonds. The maximum absolute atomic E-state index is 12.8. The summed E-state index contributed by atoms with van der Waals surface area (Å²) < 4.78 is 0. The molecule has 1 aliphatic heterocycles. The number of hydrogen-bond acceptors (Lipinski definition) is 5. The van der Waals surface area contributed by atoms with E-state index < -0.39 is 0 Å². The number of thioether (sulfide) groups is 1. The molecule has 1 fully saturated rings. The fourth-order valence-corrected chi connectivity index (χ4v) is 4.17. The second-order valence-electron chi connectivity index (χ2n) is 7.15. The number of amides is 1. The Morgan fingerprint density at radius 1 is 1.04 bits per heavy atom. The van der Waals surface area contributed by atoms with Crippen LogP contribution in [0, 0.1) is 20.8 Å². The molecule has 1 saturated heterocycles. The van der Waals surface area contributed by atoms with Crippen molar-refractivity contribution >= 4 is 17.7 Å². The predicted molar refractivity (Wildman–Crippen MR) is 110 cm³/mol. The minimum Gasteiger partial charge on any atom is -0.339 e. The number of carbonyl (C=O) groups excluding carboxylic acids is 1. The van der Waals surface area contributed by atoms with Crippen LogP contribution in [0.2, 0.25) is 0 Å². The van der Waals surface area contributed by atoms with E-state index in [-0.39, 0.29) is 11.2 Å². The van der Waals surface area contributed by atoms with Gasteiger partial charge in [-0.3, -0.25) is 9.69 Å². The number of carbonyl (C=O) groups is 1. The van der Waals surface area contributed by atoms with Crippen molar-refractivity contribution < 1.29 is 4.79 Å². The van der Waals surface area contributed by atoms with Gasteiger partial charge in [-0.1, -0.05) is 42.1 Å². The van der Waals surface area contributed by atoms with Crippen LogP contribution in [0.4, 0.5) is 0 Å². The van der Waals surface area contributed by atoms with Gasteiger partial charge in [0.2, 0.25) is 5.91 Å². The largest absolute Gasteiger partial charge is 0.339 e. The summed E-state index contributed by atoms with van der Waals surface area (Å²) >= 11 is 1.46. The van der Waals surface area contributed by atoms with Crippen LogP contribution in [-0.2, 0) is 11.3 Å². The highest BCUT2D eigenvalue weighted by molar-refractivity contribution is 8.00. The van der Waals surface area contributed by atoms with Gasteiger partial charge in [-0.25, -0.2) is 9.97 Å². The molecule has 0 bridgehead atoms. The molecule has 0 spiro atoms. The maximum atomic E-state index is 12.8. The van der Waals surface area contributed by atoms with Crippen molar-refractivity contribution in [2.24, 2.45) is 0 Å². The number of aromatic nitrogens is 2. The van der Waals surface area contributed by atoms with Gasteiger partial charge in [0.1, 0.15) is 0 Å². The van der Waals surface area contributed by atoms with E-state index in [2.05, 4.69) is 39.1 Å². The van der Waals surface area contributed by atoms with Crippen LogP contribution in [-0.4, -0.2) is 57.1 Å². The molecule has 0 saturated carbocycles. The van der Waals surface area contributed by atoms with Gasteiger partial charge in [0.05, 0.1) is 5.25 Å². The normalized spacial score (nSPS) is 16.4.